The third-order valence-electron chi connectivity index (χ3n) is 3.83. The maximum atomic E-state index is 12.4. The number of likely N-dealkylation sites (tertiary alicyclic amines) is 1. The summed E-state index contributed by atoms with van der Waals surface area (Å²) < 4.78 is 5.76. The van der Waals surface area contributed by atoms with Crippen molar-refractivity contribution in [1.82, 2.24) is 4.90 Å². The van der Waals surface area contributed by atoms with Crippen molar-refractivity contribution in [3.63, 3.8) is 0 Å². The fraction of sp³-hybridized carbons (Fsp3) is 0.529. The lowest BCUT2D eigenvalue weighted by molar-refractivity contribution is -0.138. The molecule has 2 rings (SSSR count). The maximum absolute atomic E-state index is 12.4. The molecular weight excluding hydrogens is 266 g/mol. The molecule has 114 valence electrons. The molecule has 1 aromatic carbocycles. The van der Waals surface area contributed by atoms with E-state index in [1.165, 1.54) is 13.3 Å². The number of ether oxygens (including phenoxy) is 1. The predicted molar refractivity (Wildman–Crippen MR) is 81.7 cm³/mol. The first-order valence-electron chi connectivity index (χ1n) is 7.56. The first-order chi connectivity index (χ1) is 9.99. The number of hydrogen-bond acceptors (Lipinski definition) is 3. The second kappa shape index (κ2) is 6.74. The Kier molecular flexibility index (Phi) is 4.99. The van der Waals surface area contributed by atoms with Crippen molar-refractivity contribution in [2.45, 2.75) is 46.1 Å². The van der Waals surface area contributed by atoms with Gasteiger partial charge in [-0.2, -0.15) is 0 Å². The van der Waals surface area contributed by atoms with E-state index in [9.17, 15) is 9.59 Å². The minimum absolute atomic E-state index is 0.00442. The van der Waals surface area contributed by atoms with E-state index in [4.69, 9.17) is 4.74 Å². The van der Waals surface area contributed by atoms with Crippen molar-refractivity contribution in [3.05, 3.63) is 29.3 Å². The van der Waals surface area contributed by atoms with Gasteiger partial charge >= 0.3 is 0 Å². The van der Waals surface area contributed by atoms with Gasteiger partial charge in [0.2, 0.25) is 0 Å². The molecule has 1 aliphatic rings. The number of aryl methyl sites for hydroxylation is 1. The zero-order valence-electron chi connectivity index (χ0n) is 13.0. The van der Waals surface area contributed by atoms with Crippen LogP contribution in [-0.4, -0.2) is 35.8 Å². The Balaban J connectivity index is 2.10. The number of ketones is 1. The minimum atomic E-state index is -0.566. The van der Waals surface area contributed by atoms with Crippen LogP contribution in [0.1, 0.15) is 49.0 Å². The highest BCUT2D eigenvalue weighted by atomic mass is 16.5. The molecule has 0 aliphatic carbocycles. The molecule has 1 aromatic rings. The van der Waals surface area contributed by atoms with Gasteiger partial charge < -0.3 is 9.64 Å². The van der Waals surface area contributed by atoms with Crippen molar-refractivity contribution in [3.8, 4) is 5.75 Å². The standard InChI is InChI=1S/C17H23NO3/c1-12-7-8-16(15(11-12)13(2)19)21-14(3)17(20)18-9-5-4-6-10-18/h7-8,11,14H,4-6,9-10H2,1-3H3. The van der Waals surface area contributed by atoms with Crippen LogP contribution in [0.3, 0.4) is 0 Å². The molecule has 1 amide bonds. The topological polar surface area (TPSA) is 46.6 Å². The van der Waals surface area contributed by atoms with Gasteiger partial charge in [-0.25, -0.2) is 0 Å². The Bertz CT molecular complexity index is 533. The number of carbonyl (C=O) groups is 2. The summed E-state index contributed by atoms with van der Waals surface area (Å²) in [6.07, 6.45) is 2.73. The van der Waals surface area contributed by atoms with Gasteiger partial charge in [-0.15, -0.1) is 0 Å². The lowest BCUT2D eigenvalue weighted by Gasteiger charge is -2.29. The van der Waals surface area contributed by atoms with Gasteiger partial charge in [-0.3, -0.25) is 9.59 Å². The first kappa shape index (κ1) is 15.5. The van der Waals surface area contributed by atoms with Gasteiger partial charge in [-0.1, -0.05) is 11.6 Å². The molecule has 4 heteroatoms. The Morgan fingerprint density at radius 1 is 1.19 bits per heavy atom. The average Bonchev–Trinajstić information content (AvgIpc) is 2.49. The van der Waals surface area contributed by atoms with E-state index in [-0.39, 0.29) is 11.7 Å². The molecule has 0 spiro atoms. The second-order valence-corrected chi connectivity index (χ2v) is 5.70. The van der Waals surface area contributed by atoms with Crippen LogP contribution in [-0.2, 0) is 4.79 Å². The van der Waals surface area contributed by atoms with Crippen LogP contribution >= 0.6 is 0 Å². The SMILES string of the molecule is CC(=O)c1cc(C)ccc1OC(C)C(=O)N1CCCCC1. The molecule has 0 aromatic heterocycles. The van der Waals surface area contributed by atoms with E-state index in [1.807, 2.05) is 17.9 Å². The molecule has 1 heterocycles. The summed E-state index contributed by atoms with van der Waals surface area (Å²) in [5, 5.41) is 0. The summed E-state index contributed by atoms with van der Waals surface area (Å²) in [6, 6.07) is 5.46. The molecule has 0 bridgehead atoms. The molecule has 1 saturated heterocycles. The fourth-order valence-electron chi connectivity index (χ4n) is 2.63. The van der Waals surface area contributed by atoms with Crippen molar-refractivity contribution in [2.24, 2.45) is 0 Å². The van der Waals surface area contributed by atoms with Crippen molar-refractivity contribution in [1.29, 1.82) is 0 Å². The number of piperidine rings is 1. The van der Waals surface area contributed by atoms with E-state index < -0.39 is 6.10 Å². The van der Waals surface area contributed by atoms with Gasteiger partial charge in [0.05, 0.1) is 5.56 Å². The summed E-state index contributed by atoms with van der Waals surface area (Å²) in [5.74, 6) is 0.446. The zero-order valence-corrected chi connectivity index (χ0v) is 13.0. The zero-order chi connectivity index (χ0) is 15.4. The van der Waals surface area contributed by atoms with Crippen LogP contribution in [0.15, 0.2) is 18.2 Å². The number of amides is 1. The Labute approximate surface area is 126 Å². The van der Waals surface area contributed by atoms with Crippen LogP contribution in [0.2, 0.25) is 0 Å². The smallest absolute Gasteiger partial charge is 0.263 e. The lowest BCUT2D eigenvalue weighted by Crippen LogP contribution is -2.43. The highest BCUT2D eigenvalue weighted by Gasteiger charge is 2.24. The minimum Gasteiger partial charge on any atom is -0.480 e. The molecule has 1 unspecified atom stereocenters. The van der Waals surface area contributed by atoms with Crippen LogP contribution in [0.4, 0.5) is 0 Å². The van der Waals surface area contributed by atoms with Crippen LogP contribution in [0.5, 0.6) is 5.75 Å². The van der Waals surface area contributed by atoms with E-state index in [2.05, 4.69) is 0 Å². The van der Waals surface area contributed by atoms with Crippen LogP contribution in [0, 0.1) is 6.92 Å². The predicted octanol–water partition coefficient (Wildman–Crippen LogP) is 2.98. The Hall–Kier alpha value is -1.84. The number of carbonyl (C=O) groups excluding carboxylic acids is 2. The fourth-order valence-corrected chi connectivity index (χ4v) is 2.63. The van der Waals surface area contributed by atoms with Gasteiger partial charge in [-0.05, 0) is 52.2 Å². The highest BCUT2D eigenvalue weighted by Crippen LogP contribution is 2.22. The summed E-state index contributed by atoms with van der Waals surface area (Å²) in [5.41, 5.74) is 1.54. The molecule has 1 aliphatic heterocycles. The number of hydrogen-bond donors (Lipinski definition) is 0. The third-order valence-corrected chi connectivity index (χ3v) is 3.83. The number of nitrogens with zero attached hydrogens (tertiary/aromatic N) is 1. The summed E-state index contributed by atoms with van der Waals surface area (Å²) in [7, 11) is 0. The quantitative estimate of drug-likeness (QED) is 0.801. The van der Waals surface area contributed by atoms with Crippen molar-refractivity contribution in [2.75, 3.05) is 13.1 Å². The van der Waals surface area contributed by atoms with Crippen molar-refractivity contribution < 1.29 is 14.3 Å². The third kappa shape index (κ3) is 3.84. The van der Waals surface area contributed by atoms with E-state index >= 15 is 0 Å². The average molecular weight is 289 g/mol. The maximum Gasteiger partial charge on any atom is 0.263 e. The molecule has 4 nitrogen and oxygen atoms in total. The Morgan fingerprint density at radius 3 is 2.48 bits per heavy atom. The number of rotatable bonds is 4. The van der Waals surface area contributed by atoms with E-state index in [0.717, 1.165) is 31.5 Å². The molecule has 0 radical (unpaired) electrons. The molecular formula is C17H23NO3. The monoisotopic (exact) mass is 289 g/mol. The molecule has 1 fully saturated rings. The van der Waals surface area contributed by atoms with E-state index in [0.29, 0.717) is 11.3 Å². The van der Waals surface area contributed by atoms with Crippen LogP contribution < -0.4 is 4.74 Å². The largest absolute Gasteiger partial charge is 0.480 e. The molecule has 0 N–H and O–H groups in total. The first-order valence-corrected chi connectivity index (χ1v) is 7.56. The van der Waals surface area contributed by atoms with Gasteiger partial charge in [0.25, 0.3) is 5.91 Å². The number of benzene rings is 1. The van der Waals surface area contributed by atoms with Gasteiger partial charge in [0.1, 0.15) is 5.75 Å². The van der Waals surface area contributed by atoms with Crippen LogP contribution in [0.25, 0.3) is 0 Å². The summed E-state index contributed by atoms with van der Waals surface area (Å²) >= 11 is 0. The van der Waals surface area contributed by atoms with Gasteiger partial charge in [0.15, 0.2) is 11.9 Å². The van der Waals surface area contributed by atoms with Crippen molar-refractivity contribution >= 4 is 11.7 Å². The number of Topliss-reactive ketones (excluding diaryl/α,β-unsaturated/α-hetero) is 1. The highest BCUT2D eigenvalue weighted by molar-refractivity contribution is 5.97. The second-order valence-electron chi connectivity index (χ2n) is 5.70. The molecule has 0 saturated carbocycles. The normalized spacial score (nSPS) is 16.4. The van der Waals surface area contributed by atoms with E-state index in [1.54, 1.807) is 19.1 Å². The summed E-state index contributed by atoms with van der Waals surface area (Å²) in [4.78, 5) is 25.9. The molecule has 1 atom stereocenters. The Morgan fingerprint density at radius 2 is 1.86 bits per heavy atom. The lowest BCUT2D eigenvalue weighted by atomic mass is 10.1. The van der Waals surface area contributed by atoms with Gasteiger partial charge in [0, 0.05) is 13.1 Å². The molecule has 21 heavy (non-hydrogen) atoms. The summed E-state index contributed by atoms with van der Waals surface area (Å²) in [6.45, 7) is 6.80.